The van der Waals surface area contributed by atoms with Crippen molar-refractivity contribution in [3.05, 3.63) is 48.3 Å². The van der Waals surface area contributed by atoms with Gasteiger partial charge in [0.2, 0.25) is 11.9 Å². The van der Waals surface area contributed by atoms with Crippen molar-refractivity contribution >= 4 is 35.0 Å². The number of hydrogen-bond donors (Lipinski definition) is 2. The van der Waals surface area contributed by atoms with Crippen LogP contribution < -0.4 is 20.3 Å². The van der Waals surface area contributed by atoms with Crippen LogP contribution in [-0.4, -0.2) is 62.4 Å². The fourth-order valence-electron chi connectivity index (χ4n) is 5.45. The maximum Gasteiger partial charge on any atom is 0.269 e. The van der Waals surface area contributed by atoms with Gasteiger partial charge in [0.15, 0.2) is 17.2 Å². The predicted molar refractivity (Wildman–Crippen MR) is 140 cm³/mol. The average Bonchev–Trinajstić information content (AvgIpc) is 3.46. The molecule has 6 rings (SSSR count). The molecule has 5 heterocycles. The van der Waals surface area contributed by atoms with Gasteiger partial charge in [-0.05, 0) is 63.1 Å². The number of fused-ring (bicyclic) bond motifs is 3. The number of piperazine rings is 1. The third-order valence-corrected chi connectivity index (χ3v) is 7.36. The Morgan fingerprint density at radius 3 is 2.73 bits per heavy atom. The first-order valence-corrected chi connectivity index (χ1v) is 12.4. The number of benzene rings is 1. The number of nitrogens with zero attached hydrogens (tertiary/aromatic N) is 5. The Morgan fingerprint density at radius 2 is 2.00 bits per heavy atom. The number of rotatable bonds is 4. The molecule has 0 saturated carbocycles. The van der Waals surface area contributed by atoms with Crippen molar-refractivity contribution in [2.45, 2.75) is 51.8 Å². The van der Waals surface area contributed by atoms with Gasteiger partial charge in [-0.1, -0.05) is 0 Å². The summed E-state index contributed by atoms with van der Waals surface area (Å²) in [4.78, 5) is 41.8. The molecule has 0 radical (unpaired) electrons. The molecule has 2 atom stereocenters. The molecule has 10 heteroatoms. The van der Waals surface area contributed by atoms with E-state index in [0.29, 0.717) is 35.3 Å². The lowest BCUT2D eigenvalue weighted by atomic mass is 10.1. The molecule has 2 saturated heterocycles. The minimum Gasteiger partial charge on any atom is -0.474 e. The molecule has 3 aliphatic heterocycles. The van der Waals surface area contributed by atoms with Crippen molar-refractivity contribution in [1.29, 1.82) is 0 Å². The number of aryl methyl sites for hydroxylation is 1. The van der Waals surface area contributed by atoms with E-state index in [1.807, 2.05) is 23.1 Å². The normalized spacial score (nSPS) is 21.4. The molecule has 37 heavy (non-hydrogen) atoms. The number of hydrogen-bond acceptors (Lipinski definition) is 8. The first-order valence-electron chi connectivity index (χ1n) is 12.4. The van der Waals surface area contributed by atoms with Crippen LogP contribution in [0.25, 0.3) is 11.3 Å². The standard InChI is InChI=1S/C27H29N7O3/c1-15-9-18(5-6-22(15)34-14-19-11-20(34)13-33(19)16(2)35)30-26-28-8-7-21(31-26)17-10-23-24(29-12-17)32-25(36)27(3,4)37-23/h5-10,12,19-20H,11,13-14H2,1-4H3,(H,28,30,31)(H,29,32,36). The van der Waals surface area contributed by atoms with Crippen LogP contribution in [0.2, 0.25) is 0 Å². The second-order valence-electron chi connectivity index (χ2n) is 10.4. The number of anilines is 4. The highest BCUT2D eigenvalue weighted by molar-refractivity contribution is 5.99. The number of aromatic nitrogens is 3. The molecule has 2 aromatic heterocycles. The van der Waals surface area contributed by atoms with Gasteiger partial charge in [0, 0.05) is 55.4 Å². The van der Waals surface area contributed by atoms with Gasteiger partial charge in [-0.3, -0.25) is 9.59 Å². The summed E-state index contributed by atoms with van der Waals surface area (Å²) in [7, 11) is 0. The van der Waals surface area contributed by atoms with Gasteiger partial charge in [0.25, 0.3) is 5.91 Å². The summed E-state index contributed by atoms with van der Waals surface area (Å²) in [6.45, 7) is 8.87. The minimum absolute atomic E-state index is 0.167. The van der Waals surface area contributed by atoms with Crippen LogP contribution in [0.4, 0.5) is 23.1 Å². The lowest BCUT2D eigenvalue weighted by Gasteiger charge is -2.36. The zero-order valence-electron chi connectivity index (χ0n) is 21.3. The highest BCUT2D eigenvalue weighted by Gasteiger charge is 2.44. The van der Waals surface area contributed by atoms with Gasteiger partial charge in [-0.25, -0.2) is 15.0 Å². The summed E-state index contributed by atoms with van der Waals surface area (Å²) in [5.41, 5.74) is 3.71. The summed E-state index contributed by atoms with van der Waals surface area (Å²) in [6, 6.07) is 10.6. The molecule has 3 aliphatic rings. The van der Waals surface area contributed by atoms with Crippen molar-refractivity contribution in [3.63, 3.8) is 0 Å². The monoisotopic (exact) mass is 499 g/mol. The summed E-state index contributed by atoms with van der Waals surface area (Å²) >= 11 is 0. The van der Waals surface area contributed by atoms with Crippen molar-refractivity contribution < 1.29 is 14.3 Å². The molecule has 2 unspecified atom stereocenters. The van der Waals surface area contributed by atoms with E-state index in [1.54, 1.807) is 33.2 Å². The fourth-order valence-corrected chi connectivity index (χ4v) is 5.45. The van der Waals surface area contributed by atoms with Crippen LogP contribution in [0.15, 0.2) is 42.7 Å². The van der Waals surface area contributed by atoms with Crippen molar-refractivity contribution in [2.24, 2.45) is 0 Å². The van der Waals surface area contributed by atoms with Crippen LogP contribution in [0, 0.1) is 6.92 Å². The Labute approximate surface area is 215 Å². The Hall–Kier alpha value is -4.21. The Bertz CT molecular complexity index is 1420. The lowest BCUT2D eigenvalue weighted by molar-refractivity contribution is -0.130. The molecular weight excluding hydrogens is 470 g/mol. The third kappa shape index (κ3) is 4.12. The van der Waals surface area contributed by atoms with E-state index in [4.69, 9.17) is 4.74 Å². The maximum atomic E-state index is 12.1. The summed E-state index contributed by atoms with van der Waals surface area (Å²) in [6.07, 6.45) is 4.38. The highest BCUT2D eigenvalue weighted by atomic mass is 16.5. The molecule has 10 nitrogen and oxygen atoms in total. The number of pyridine rings is 1. The van der Waals surface area contributed by atoms with Crippen molar-refractivity contribution in [2.75, 3.05) is 28.6 Å². The Balaban J connectivity index is 1.19. The largest absolute Gasteiger partial charge is 0.474 e. The summed E-state index contributed by atoms with van der Waals surface area (Å²) < 4.78 is 5.87. The van der Waals surface area contributed by atoms with Gasteiger partial charge in [-0.15, -0.1) is 0 Å². The second kappa shape index (κ2) is 8.43. The van der Waals surface area contributed by atoms with Crippen molar-refractivity contribution in [1.82, 2.24) is 19.9 Å². The first kappa shape index (κ1) is 23.2. The maximum absolute atomic E-state index is 12.1. The Kier molecular flexibility index (Phi) is 5.29. The van der Waals surface area contributed by atoms with Gasteiger partial charge in [0.1, 0.15) is 0 Å². The number of carbonyl (C=O) groups excluding carboxylic acids is 2. The predicted octanol–water partition coefficient (Wildman–Crippen LogP) is 3.51. The molecule has 2 amide bonds. The average molecular weight is 500 g/mol. The van der Waals surface area contributed by atoms with E-state index >= 15 is 0 Å². The second-order valence-corrected chi connectivity index (χ2v) is 10.4. The molecule has 190 valence electrons. The van der Waals surface area contributed by atoms with Crippen LogP contribution in [0.3, 0.4) is 0 Å². The quantitative estimate of drug-likeness (QED) is 0.561. The first-order chi connectivity index (χ1) is 17.7. The molecule has 0 aliphatic carbocycles. The van der Waals surface area contributed by atoms with E-state index < -0.39 is 5.60 Å². The molecule has 3 aromatic rings. The molecule has 2 bridgehead atoms. The van der Waals surface area contributed by atoms with E-state index in [9.17, 15) is 9.59 Å². The number of amides is 2. The smallest absolute Gasteiger partial charge is 0.269 e. The van der Waals surface area contributed by atoms with Gasteiger partial charge in [-0.2, -0.15) is 0 Å². The van der Waals surface area contributed by atoms with Gasteiger partial charge < -0.3 is 25.2 Å². The minimum atomic E-state index is -0.975. The highest BCUT2D eigenvalue weighted by Crippen LogP contribution is 2.37. The van der Waals surface area contributed by atoms with Crippen molar-refractivity contribution in [3.8, 4) is 17.0 Å². The molecule has 2 N–H and O–H groups in total. The number of ether oxygens (including phenoxy) is 1. The molecule has 0 spiro atoms. The zero-order chi connectivity index (χ0) is 25.9. The van der Waals surface area contributed by atoms with E-state index in [1.165, 1.54) is 5.69 Å². The van der Waals surface area contributed by atoms with Gasteiger partial charge in [0.05, 0.1) is 11.7 Å². The molecule has 2 fully saturated rings. The molecular formula is C27H29N7O3. The zero-order valence-corrected chi connectivity index (χ0v) is 21.3. The van der Waals surface area contributed by atoms with E-state index in [0.717, 1.165) is 36.3 Å². The Morgan fingerprint density at radius 1 is 1.16 bits per heavy atom. The van der Waals surface area contributed by atoms with Crippen LogP contribution >= 0.6 is 0 Å². The number of carbonyl (C=O) groups is 2. The topological polar surface area (TPSA) is 113 Å². The van der Waals surface area contributed by atoms with E-state index in [-0.39, 0.29) is 11.8 Å². The third-order valence-electron chi connectivity index (χ3n) is 7.36. The summed E-state index contributed by atoms with van der Waals surface area (Å²) in [5.74, 6) is 1.30. The van der Waals surface area contributed by atoms with Crippen LogP contribution in [-0.2, 0) is 9.59 Å². The number of likely N-dealkylation sites (tertiary alicyclic amines) is 1. The fraction of sp³-hybridized carbons (Fsp3) is 0.370. The SMILES string of the molecule is CC(=O)N1CC2CC1CN2c1ccc(Nc2nccc(-c3cnc4c(c3)OC(C)(C)C(=O)N4)n2)cc1C. The number of nitrogens with one attached hydrogen (secondary N) is 2. The van der Waals surface area contributed by atoms with Crippen LogP contribution in [0.5, 0.6) is 5.75 Å². The van der Waals surface area contributed by atoms with Gasteiger partial charge >= 0.3 is 0 Å². The lowest BCUT2D eigenvalue weighted by Crippen LogP contribution is -2.48. The summed E-state index contributed by atoms with van der Waals surface area (Å²) in [5, 5.41) is 6.09. The molecule has 1 aromatic carbocycles. The van der Waals surface area contributed by atoms with Crippen LogP contribution in [0.1, 0.15) is 32.8 Å². The van der Waals surface area contributed by atoms with E-state index in [2.05, 4.69) is 49.5 Å².